The van der Waals surface area contributed by atoms with Gasteiger partial charge in [-0.2, -0.15) is 0 Å². The molecule has 0 radical (unpaired) electrons. The van der Waals surface area contributed by atoms with Gasteiger partial charge in [-0.05, 0) is 43.3 Å². The van der Waals surface area contributed by atoms with Gasteiger partial charge in [0.05, 0.1) is 27.0 Å². The summed E-state index contributed by atoms with van der Waals surface area (Å²) in [4.78, 5) is 25.5. The number of aryl methyl sites for hydroxylation is 2. The van der Waals surface area contributed by atoms with Crippen LogP contribution in [0.4, 0.5) is 5.69 Å². The third-order valence-corrected chi connectivity index (χ3v) is 7.76. The number of imidazole rings is 2. The standard InChI is InChI=1S/C25H32N6O3S/c1-7-31-21-11-9-17(35(33,34)30(5)6)15-20(21)27-22(31)12-13-23(32)26-16-8-10-18-19(14-16)29-24(28-18)25(2,3)4/h8-11,14-15H,7,12-13H2,1-6H3,(H,26,32)(H,28,29). The van der Waals surface area contributed by atoms with Crippen LogP contribution in [0.25, 0.3) is 22.1 Å². The highest BCUT2D eigenvalue weighted by atomic mass is 32.2. The third-order valence-electron chi connectivity index (χ3n) is 5.95. The molecule has 4 aromatic rings. The molecule has 0 fully saturated rings. The lowest BCUT2D eigenvalue weighted by atomic mass is 9.96. The number of nitrogens with one attached hydrogen (secondary N) is 2. The summed E-state index contributed by atoms with van der Waals surface area (Å²) in [5.41, 5.74) is 3.80. The first-order valence-electron chi connectivity index (χ1n) is 11.6. The fourth-order valence-corrected chi connectivity index (χ4v) is 4.89. The predicted octanol–water partition coefficient (Wildman–Crippen LogP) is 4.05. The molecule has 2 heterocycles. The van der Waals surface area contributed by atoms with E-state index in [9.17, 15) is 13.2 Å². The summed E-state index contributed by atoms with van der Waals surface area (Å²) in [6, 6.07) is 10.6. The Bertz CT molecular complexity index is 1510. The molecule has 35 heavy (non-hydrogen) atoms. The number of nitrogens with zero attached hydrogens (tertiary/aromatic N) is 4. The molecule has 0 aliphatic rings. The van der Waals surface area contributed by atoms with Crippen molar-refractivity contribution in [1.29, 1.82) is 0 Å². The maximum atomic E-state index is 12.7. The van der Waals surface area contributed by atoms with Crippen LogP contribution in [-0.4, -0.2) is 52.2 Å². The molecule has 1 amide bonds. The molecule has 10 heteroatoms. The minimum Gasteiger partial charge on any atom is -0.341 e. The Morgan fingerprint density at radius 1 is 1.09 bits per heavy atom. The summed E-state index contributed by atoms with van der Waals surface area (Å²) in [5, 5.41) is 2.96. The largest absolute Gasteiger partial charge is 0.341 e. The number of carbonyl (C=O) groups excluding carboxylic acids is 1. The summed E-state index contributed by atoms with van der Waals surface area (Å²) in [7, 11) is -0.545. The Balaban J connectivity index is 1.50. The van der Waals surface area contributed by atoms with E-state index in [1.165, 1.54) is 18.4 Å². The number of aromatic nitrogens is 4. The van der Waals surface area contributed by atoms with E-state index in [-0.39, 0.29) is 22.6 Å². The van der Waals surface area contributed by atoms with Crippen molar-refractivity contribution in [3.05, 3.63) is 48.0 Å². The van der Waals surface area contributed by atoms with Gasteiger partial charge in [0.15, 0.2) is 0 Å². The van der Waals surface area contributed by atoms with Crippen molar-refractivity contribution in [3.8, 4) is 0 Å². The number of H-pyrrole nitrogens is 1. The third kappa shape index (κ3) is 4.94. The van der Waals surface area contributed by atoms with Gasteiger partial charge < -0.3 is 14.9 Å². The molecule has 0 saturated carbocycles. The average Bonchev–Trinajstić information content (AvgIpc) is 3.37. The van der Waals surface area contributed by atoms with E-state index in [0.717, 1.165) is 28.2 Å². The Hall–Kier alpha value is -3.24. The van der Waals surface area contributed by atoms with Crippen LogP contribution >= 0.6 is 0 Å². The van der Waals surface area contributed by atoms with Crippen molar-refractivity contribution in [3.63, 3.8) is 0 Å². The molecule has 4 rings (SSSR count). The molecule has 9 nitrogen and oxygen atoms in total. The number of anilines is 1. The van der Waals surface area contributed by atoms with Gasteiger partial charge in [-0.1, -0.05) is 20.8 Å². The fourth-order valence-electron chi connectivity index (χ4n) is 3.97. The lowest BCUT2D eigenvalue weighted by molar-refractivity contribution is -0.116. The Morgan fingerprint density at radius 2 is 1.83 bits per heavy atom. The molecule has 0 saturated heterocycles. The molecule has 2 aromatic carbocycles. The maximum Gasteiger partial charge on any atom is 0.242 e. The molecule has 0 bridgehead atoms. The van der Waals surface area contributed by atoms with E-state index in [4.69, 9.17) is 0 Å². The first kappa shape index (κ1) is 24.9. The van der Waals surface area contributed by atoms with E-state index in [1.807, 2.05) is 29.7 Å². The zero-order valence-corrected chi connectivity index (χ0v) is 21.8. The molecule has 0 atom stereocenters. The quantitative estimate of drug-likeness (QED) is 0.401. The number of aromatic amines is 1. The first-order chi connectivity index (χ1) is 16.4. The topological polar surface area (TPSA) is 113 Å². The molecular formula is C25H32N6O3S. The summed E-state index contributed by atoms with van der Waals surface area (Å²) < 4.78 is 28.2. The first-order valence-corrected chi connectivity index (χ1v) is 13.1. The molecule has 2 N–H and O–H groups in total. The van der Waals surface area contributed by atoms with Crippen LogP contribution in [0.1, 0.15) is 45.8 Å². The Labute approximate surface area is 205 Å². The number of rotatable bonds is 7. The summed E-state index contributed by atoms with van der Waals surface area (Å²) in [6.45, 7) is 8.96. The number of benzene rings is 2. The minimum atomic E-state index is -3.55. The van der Waals surface area contributed by atoms with E-state index >= 15 is 0 Å². The number of sulfonamides is 1. The lowest BCUT2D eigenvalue weighted by Gasteiger charge is -2.13. The smallest absolute Gasteiger partial charge is 0.242 e. The van der Waals surface area contributed by atoms with E-state index in [1.54, 1.807) is 18.2 Å². The number of carbonyl (C=O) groups is 1. The lowest BCUT2D eigenvalue weighted by Crippen LogP contribution is -2.22. The molecular weight excluding hydrogens is 464 g/mol. The zero-order chi connectivity index (χ0) is 25.5. The van der Waals surface area contributed by atoms with E-state index in [0.29, 0.717) is 24.2 Å². The minimum absolute atomic E-state index is 0.0927. The van der Waals surface area contributed by atoms with Crippen LogP contribution in [-0.2, 0) is 33.2 Å². The van der Waals surface area contributed by atoms with Gasteiger partial charge in [0.1, 0.15) is 11.6 Å². The predicted molar refractivity (Wildman–Crippen MR) is 138 cm³/mol. The molecule has 2 aromatic heterocycles. The zero-order valence-electron chi connectivity index (χ0n) is 21.0. The van der Waals surface area contributed by atoms with Crippen molar-refractivity contribution in [2.45, 2.75) is 57.4 Å². The van der Waals surface area contributed by atoms with Crippen LogP contribution in [0.2, 0.25) is 0 Å². The normalized spacial score (nSPS) is 12.7. The van der Waals surface area contributed by atoms with E-state index in [2.05, 4.69) is 41.0 Å². The van der Waals surface area contributed by atoms with Crippen LogP contribution in [0.15, 0.2) is 41.3 Å². The maximum absolute atomic E-state index is 12.7. The second kappa shape index (κ2) is 9.09. The summed E-state index contributed by atoms with van der Waals surface area (Å²) in [5.74, 6) is 1.53. The van der Waals surface area contributed by atoms with Gasteiger partial charge in [-0.15, -0.1) is 0 Å². The highest BCUT2D eigenvalue weighted by molar-refractivity contribution is 7.89. The average molecular weight is 497 g/mol. The Morgan fingerprint density at radius 3 is 2.49 bits per heavy atom. The van der Waals surface area contributed by atoms with Crippen LogP contribution in [0.5, 0.6) is 0 Å². The second-order valence-corrected chi connectivity index (χ2v) is 12.0. The molecule has 0 spiro atoms. The van der Waals surface area contributed by atoms with Crippen LogP contribution < -0.4 is 5.32 Å². The highest BCUT2D eigenvalue weighted by Gasteiger charge is 2.20. The van der Waals surface area contributed by atoms with Crippen molar-refractivity contribution >= 4 is 43.7 Å². The van der Waals surface area contributed by atoms with Crippen LogP contribution in [0, 0.1) is 0 Å². The fraction of sp³-hybridized carbons (Fsp3) is 0.400. The summed E-state index contributed by atoms with van der Waals surface area (Å²) in [6.07, 6.45) is 0.686. The Kier molecular flexibility index (Phi) is 6.46. The van der Waals surface area contributed by atoms with Crippen molar-refractivity contribution in [2.75, 3.05) is 19.4 Å². The number of hydrogen-bond donors (Lipinski definition) is 2. The monoisotopic (exact) mass is 496 g/mol. The van der Waals surface area contributed by atoms with Crippen molar-refractivity contribution in [2.24, 2.45) is 0 Å². The van der Waals surface area contributed by atoms with Gasteiger partial charge >= 0.3 is 0 Å². The molecule has 0 unspecified atom stereocenters. The van der Waals surface area contributed by atoms with Crippen LogP contribution in [0.3, 0.4) is 0 Å². The number of fused-ring (bicyclic) bond motifs is 2. The molecule has 0 aliphatic heterocycles. The SMILES string of the molecule is CCn1c(CCC(=O)Nc2ccc3nc(C(C)(C)C)[nH]c3c2)nc2cc(S(=O)(=O)N(C)C)ccc21. The molecule has 0 aliphatic carbocycles. The van der Waals surface area contributed by atoms with Gasteiger partial charge in [0.25, 0.3) is 0 Å². The highest BCUT2D eigenvalue weighted by Crippen LogP contribution is 2.25. The van der Waals surface area contributed by atoms with Gasteiger partial charge in [0, 0.05) is 44.6 Å². The van der Waals surface area contributed by atoms with Gasteiger partial charge in [0.2, 0.25) is 15.9 Å². The molecule has 186 valence electrons. The van der Waals surface area contributed by atoms with E-state index < -0.39 is 10.0 Å². The van der Waals surface area contributed by atoms with Gasteiger partial charge in [-0.25, -0.2) is 22.7 Å². The van der Waals surface area contributed by atoms with Crippen molar-refractivity contribution < 1.29 is 13.2 Å². The number of hydrogen-bond acceptors (Lipinski definition) is 5. The van der Waals surface area contributed by atoms with Crippen molar-refractivity contribution in [1.82, 2.24) is 23.8 Å². The summed E-state index contributed by atoms with van der Waals surface area (Å²) >= 11 is 0. The van der Waals surface area contributed by atoms with Gasteiger partial charge in [-0.3, -0.25) is 4.79 Å². The number of amides is 1. The second-order valence-electron chi connectivity index (χ2n) is 9.83.